The molecule has 1 aliphatic carbocycles. The van der Waals surface area contributed by atoms with Crippen LogP contribution < -0.4 is 5.32 Å². The van der Waals surface area contributed by atoms with E-state index >= 15 is 0 Å². The number of hydrogen-bond donors (Lipinski definition) is 1. The first-order chi connectivity index (χ1) is 9.32. The van der Waals surface area contributed by atoms with Crippen LogP contribution in [0.2, 0.25) is 0 Å². The van der Waals surface area contributed by atoms with Gasteiger partial charge >= 0.3 is 0 Å². The lowest BCUT2D eigenvalue weighted by molar-refractivity contribution is -0.136. The number of carbonyl (C=O) groups is 1. The van der Waals surface area contributed by atoms with Crippen LogP contribution in [0.3, 0.4) is 0 Å². The second kappa shape index (κ2) is 7.41. The van der Waals surface area contributed by atoms with E-state index in [0.29, 0.717) is 24.6 Å². The summed E-state index contributed by atoms with van der Waals surface area (Å²) in [5.41, 5.74) is 0.110. The molecule has 4 heteroatoms. The van der Waals surface area contributed by atoms with Crippen LogP contribution in [0.4, 0.5) is 0 Å². The van der Waals surface area contributed by atoms with Gasteiger partial charge in [0.15, 0.2) is 0 Å². The molecule has 0 heterocycles. The van der Waals surface area contributed by atoms with Crippen molar-refractivity contribution in [2.75, 3.05) is 26.2 Å². The first kappa shape index (κ1) is 17.4. The summed E-state index contributed by atoms with van der Waals surface area (Å²) in [4.78, 5) is 13.9. The van der Waals surface area contributed by atoms with Gasteiger partial charge < -0.3 is 15.0 Å². The summed E-state index contributed by atoms with van der Waals surface area (Å²) in [6, 6.07) is 0.374. The number of carbonyl (C=O) groups excluding carboxylic acids is 1. The van der Waals surface area contributed by atoms with Gasteiger partial charge in [-0.3, -0.25) is 4.79 Å². The van der Waals surface area contributed by atoms with Gasteiger partial charge in [0.05, 0.1) is 12.6 Å². The summed E-state index contributed by atoms with van der Waals surface area (Å²) in [5.74, 6) is 0.763. The van der Waals surface area contributed by atoms with Crippen LogP contribution in [0.15, 0.2) is 0 Å². The molecule has 1 amide bonds. The maximum atomic E-state index is 12.0. The Kier molecular flexibility index (Phi) is 6.46. The predicted molar refractivity (Wildman–Crippen MR) is 82.7 cm³/mol. The van der Waals surface area contributed by atoms with Crippen LogP contribution in [0, 0.1) is 11.3 Å². The summed E-state index contributed by atoms with van der Waals surface area (Å²) in [5, 5.41) is 3.40. The number of nitrogens with one attached hydrogen (secondary N) is 1. The SMILES string of the molecule is CCN(CC)C(=O)CNC1CC(OCC(C)C)C1(C)C. The van der Waals surface area contributed by atoms with Crippen molar-refractivity contribution in [2.24, 2.45) is 11.3 Å². The highest BCUT2D eigenvalue weighted by Crippen LogP contribution is 2.42. The molecule has 20 heavy (non-hydrogen) atoms. The molecule has 118 valence electrons. The second-order valence-corrected chi connectivity index (χ2v) is 6.77. The van der Waals surface area contributed by atoms with Crippen molar-refractivity contribution in [1.82, 2.24) is 10.2 Å². The summed E-state index contributed by atoms with van der Waals surface area (Å²) in [6.45, 7) is 15.6. The normalized spacial score (nSPS) is 24.6. The number of amides is 1. The Morgan fingerprint density at radius 1 is 1.35 bits per heavy atom. The van der Waals surface area contributed by atoms with Crippen molar-refractivity contribution in [3.8, 4) is 0 Å². The molecule has 1 aliphatic rings. The monoisotopic (exact) mass is 284 g/mol. The van der Waals surface area contributed by atoms with E-state index < -0.39 is 0 Å². The van der Waals surface area contributed by atoms with E-state index in [9.17, 15) is 4.79 Å². The molecule has 0 aromatic rings. The number of nitrogens with zero attached hydrogens (tertiary/aromatic N) is 1. The lowest BCUT2D eigenvalue weighted by Gasteiger charge is -2.52. The van der Waals surface area contributed by atoms with Crippen LogP contribution >= 0.6 is 0 Å². The smallest absolute Gasteiger partial charge is 0.236 e. The number of likely N-dealkylation sites (N-methyl/N-ethyl adjacent to an activating group) is 1. The van der Waals surface area contributed by atoms with Crippen molar-refractivity contribution in [2.45, 2.75) is 60.1 Å². The average molecular weight is 284 g/mol. The molecule has 1 N–H and O–H groups in total. The topological polar surface area (TPSA) is 41.6 Å². The molecule has 1 saturated carbocycles. The number of rotatable bonds is 8. The second-order valence-electron chi connectivity index (χ2n) is 6.77. The maximum absolute atomic E-state index is 12.0. The van der Waals surface area contributed by atoms with Crippen molar-refractivity contribution in [3.05, 3.63) is 0 Å². The highest BCUT2D eigenvalue weighted by Gasteiger charge is 2.48. The lowest BCUT2D eigenvalue weighted by Crippen LogP contribution is -2.62. The molecule has 0 radical (unpaired) electrons. The van der Waals surface area contributed by atoms with Gasteiger partial charge in [-0.05, 0) is 26.2 Å². The van der Waals surface area contributed by atoms with Crippen LogP contribution in [0.1, 0.15) is 48.0 Å². The summed E-state index contributed by atoms with van der Waals surface area (Å²) in [6.07, 6.45) is 1.32. The van der Waals surface area contributed by atoms with Gasteiger partial charge in [0.25, 0.3) is 0 Å². The minimum Gasteiger partial charge on any atom is -0.377 e. The average Bonchev–Trinajstić information content (AvgIpc) is 2.37. The van der Waals surface area contributed by atoms with Crippen molar-refractivity contribution in [3.63, 3.8) is 0 Å². The zero-order valence-electron chi connectivity index (χ0n) is 14.0. The highest BCUT2D eigenvalue weighted by atomic mass is 16.5. The van der Waals surface area contributed by atoms with E-state index in [1.807, 2.05) is 18.7 Å². The fraction of sp³-hybridized carbons (Fsp3) is 0.938. The van der Waals surface area contributed by atoms with Crippen molar-refractivity contribution < 1.29 is 9.53 Å². The van der Waals surface area contributed by atoms with Gasteiger partial charge in [0.1, 0.15) is 0 Å². The third-order valence-electron chi connectivity index (χ3n) is 4.42. The fourth-order valence-electron chi connectivity index (χ4n) is 2.72. The van der Waals surface area contributed by atoms with Crippen LogP contribution in [0.25, 0.3) is 0 Å². The Labute approximate surface area is 124 Å². The Morgan fingerprint density at radius 2 is 1.95 bits per heavy atom. The number of hydrogen-bond acceptors (Lipinski definition) is 3. The Morgan fingerprint density at radius 3 is 2.40 bits per heavy atom. The standard InChI is InChI=1S/C16H32N2O2/c1-7-18(8-2)15(19)10-17-13-9-14(16(13,5)6)20-11-12(3)4/h12-14,17H,7-11H2,1-6H3. The molecule has 0 bridgehead atoms. The first-order valence-electron chi connectivity index (χ1n) is 7.95. The van der Waals surface area contributed by atoms with Crippen molar-refractivity contribution >= 4 is 5.91 Å². The van der Waals surface area contributed by atoms with E-state index in [-0.39, 0.29) is 11.3 Å². The molecule has 0 saturated heterocycles. The maximum Gasteiger partial charge on any atom is 0.236 e. The zero-order chi connectivity index (χ0) is 15.3. The minimum absolute atomic E-state index is 0.110. The van der Waals surface area contributed by atoms with Crippen LogP contribution in [0.5, 0.6) is 0 Å². The van der Waals surface area contributed by atoms with Gasteiger partial charge in [-0.2, -0.15) is 0 Å². The predicted octanol–water partition coefficient (Wildman–Crippen LogP) is 2.28. The highest BCUT2D eigenvalue weighted by molar-refractivity contribution is 5.78. The third-order valence-corrected chi connectivity index (χ3v) is 4.42. The molecule has 0 spiro atoms. The summed E-state index contributed by atoms with van der Waals surface area (Å²) >= 11 is 0. The van der Waals surface area contributed by atoms with E-state index in [4.69, 9.17) is 4.74 Å². The molecule has 1 fully saturated rings. The summed E-state index contributed by atoms with van der Waals surface area (Å²) in [7, 11) is 0. The molecular weight excluding hydrogens is 252 g/mol. The van der Waals surface area contributed by atoms with Crippen LogP contribution in [-0.2, 0) is 9.53 Å². The van der Waals surface area contributed by atoms with Crippen molar-refractivity contribution in [1.29, 1.82) is 0 Å². The minimum atomic E-state index is 0.110. The van der Waals surface area contributed by atoms with Gasteiger partial charge in [0.2, 0.25) is 5.91 Å². The third kappa shape index (κ3) is 4.19. The van der Waals surface area contributed by atoms with Gasteiger partial charge in [-0.15, -0.1) is 0 Å². The van der Waals surface area contributed by atoms with E-state index in [2.05, 4.69) is 33.0 Å². The zero-order valence-corrected chi connectivity index (χ0v) is 14.0. The van der Waals surface area contributed by atoms with Gasteiger partial charge in [-0.25, -0.2) is 0 Å². The molecule has 2 unspecified atom stereocenters. The molecule has 2 atom stereocenters. The molecule has 0 aliphatic heterocycles. The molecule has 0 aromatic carbocycles. The molecule has 4 nitrogen and oxygen atoms in total. The van der Waals surface area contributed by atoms with Gasteiger partial charge in [-0.1, -0.05) is 27.7 Å². The first-order valence-corrected chi connectivity index (χ1v) is 7.95. The van der Waals surface area contributed by atoms with Crippen LogP contribution in [-0.4, -0.2) is 49.2 Å². The Balaban J connectivity index is 2.35. The summed E-state index contributed by atoms with van der Waals surface area (Å²) < 4.78 is 5.95. The lowest BCUT2D eigenvalue weighted by atomic mass is 9.64. The largest absolute Gasteiger partial charge is 0.377 e. The molecule has 0 aromatic heterocycles. The molecule has 1 rings (SSSR count). The van der Waals surface area contributed by atoms with E-state index in [1.54, 1.807) is 0 Å². The quantitative estimate of drug-likeness (QED) is 0.743. The van der Waals surface area contributed by atoms with E-state index in [0.717, 1.165) is 26.1 Å². The Bertz CT molecular complexity index is 312. The van der Waals surface area contributed by atoms with Gasteiger partial charge in [0, 0.05) is 31.2 Å². The van der Waals surface area contributed by atoms with E-state index in [1.165, 1.54) is 0 Å². The fourth-order valence-corrected chi connectivity index (χ4v) is 2.72. The Hall–Kier alpha value is -0.610. The number of ether oxygens (including phenoxy) is 1. The molecular formula is C16H32N2O2.